The summed E-state index contributed by atoms with van der Waals surface area (Å²) in [5.41, 5.74) is 5.25. The van der Waals surface area contributed by atoms with Crippen molar-refractivity contribution in [3.05, 3.63) is 54.1 Å². The normalized spacial score (nSPS) is 13.6. The van der Waals surface area contributed by atoms with E-state index in [0.717, 1.165) is 6.07 Å². The summed E-state index contributed by atoms with van der Waals surface area (Å²) >= 11 is 0. The Hall–Kier alpha value is -1.82. The quantitative estimate of drug-likeness (QED) is 0.916. The zero-order valence-corrected chi connectivity index (χ0v) is 9.43. The van der Waals surface area contributed by atoms with Gasteiger partial charge in [0, 0.05) is 25.0 Å². The minimum absolute atomic E-state index is 0.0960. The number of halogens is 3. The van der Waals surface area contributed by atoms with Crippen molar-refractivity contribution in [3.8, 4) is 0 Å². The second kappa shape index (κ2) is 4.81. The molecule has 18 heavy (non-hydrogen) atoms. The zero-order valence-electron chi connectivity index (χ0n) is 9.43. The van der Waals surface area contributed by atoms with Crippen molar-refractivity contribution >= 4 is 0 Å². The van der Waals surface area contributed by atoms with E-state index in [1.165, 1.54) is 18.5 Å². The van der Waals surface area contributed by atoms with Crippen molar-refractivity contribution in [1.82, 2.24) is 9.55 Å². The smallest absolute Gasteiger partial charge is 0.336 e. The van der Waals surface area contributed by atoms with Gasteiger partial charge in [-0.2, -0.15) is 13.2 Å². The monoisotopic (exact) mass is 255 g/mol. The molecule has 0 spiro atoms. The SMILES string of the molecule is NC(Cn1ccnc1)c1ccccc1C(F)(F)F. The van der Waals surface area contributed by atoms with Crippen molar-refractivity contribution < 1.29 is 13.2 Å². The number of alkyl halides is 3. The van der Waals surface area contributed by atoms with E-state index < -0.39 is 17.8 Å². The van der Waals surface area contributed by atoms with E-state index in [2.05, 4.69) is 4.98 Å². The molecule has 0 amide bonds. The maximum absolute atomic E-state index is 12.8. The van der Waals surface area contributed by atoms with Crippen molar-refractivity contribution in [2.45, 2.75) is 18.8 Å². The van der Waals surface area contributed by atoms with Gasteiger partial charge in [0.05, 0.1) is 11.9 Å². The molecule has 1 atom stereocenters. The lowest BCUT2D eigenvalue weighted by molar-refractivity contribution is -0.138. The highest BCUT2D eigenvalue weighted by Crippen LogP contribution is 2.34. The number of imidazole rings is 1. The van der Waals surface area contributed by atoms with Gasteiger partial charge in [0.15, 0.2) is 0 Å². The average Bonchev–Trinajstić information content (AvgIpc) is 2.80. The lowest BCUT2D eigenvalue weighted by atomic mass is 10.0. The molecule has 1 aromatic carbocycles. The van der Waals surface area contributed by atoms with Crippen molar-refractivity contribution in [3.63, 3.8) is 0 Å². The van der Waals surface area contributed by atoms with Gasteiger partial charge in [0.25, 0.3) is 0 Å². The Bertz CT molecular complexity index is 506. The molecule has 0 fully saturated rings. The molecular formula is C12H12F3N3. The van der Waals surface area contributed by atoms with E-state index in [-0.39, 0.29) is 12.1 Å². The van der Waals surface area contributed by atoms with Crippen LogP contribution in [-0.4, -0.2) is 9.55 Å². The van der Waals surface area contributed by atoms with Gasteiger partial charge >= 0.3 is 6.18 Å². The van der Waals surface area contributed by atoms with Crippen LogP contribution in [0.25, 0.3) is 0 Å². The highest BCUT2D eigenvalue weighted by Gasteiger charge is 2.34. The predicted octanol–water partition coefficient (Wildman–Crippen LogP) is 2.60. The molecule has 2 aromatic rings. The van der Waals surface area contributed by atoms with Crippen LogP contribution in [0.3, 0.4) is 0 Å². The molecule has 0 saturated carbocycles. The Balaban J connectivity index is 2.27. The van der Waals surface area contributed by atoms with Crippen LogP contribution >= 0.6 is 0 Å². The third-order valence-corrected chi connectivity index (χ3v) is 2.63. The molecule has 0 saturated heterocycles. The van der Waals surface area contributed by atoms with Crippen LogP contribution in [0.2, 0.25) is 0 Å². The third-order valence-electron chi connectivity index (χ3n) is 2.63. The molecule has 3 nitrogen and oxygen atoms in total. The van der Waals surface area contributed by atoms with Crippen LogP contribution in [0.15, 0.2) is 43.0 Å². The van der Waals surface area contributed by atoms with Crippen LogP contribution in [0.4, 0.5) is 13.2 Å². The van der Waals surface area contributed by atoms with Gasteiger partial charge in [-0.1, -0.05) is 18.2 Å². The van der Waals surface area contributed by atoms with Gasteiger partial charge in [-0.05, 0) is 11.6 Å². The molecule has 96 valence electrons. The van der Waals surface area contributed by atoms with Crippen LogP contribution in [0.1, 0.15) is 17.2 Å². The van der Waals surface area contributed by atoms with Gasteiger partial charge in [0.2, 0.25) is 0 Å². The fourth-order valence-corrected chi connectivity index (χ4v) is 1.80. The van der Waals surface area contributed by atoms with E-state index in [0.29, 0.717) is 0 Å². The molecule has 2 N–H and O–H groups in total. The summed E-state index contributed by atoms with van der Waals surface area (Å²) < 4.78 is 40.1. The van der Waals surface area contributed by atoms with E-state index in [4.69, 9.17) is 5.73 Å². The average molecular weight is 255 g/mol. The number of nitrogens with zero attached hydrogens (tertiary/aromatic N) is 2. The van der Waals surface area contributed by atoms with Crippen molar-refractivity contribution in [2.24, 2.45) is 5.73 Å². The Morgan fingerprint density at radius 1 is 1.28 bits per heavy atom. The third kappa shape index (κ3) is 2.70. The number of aromatic nitrogens is 2. The maximum atomic E-state index is 12.8. The number of hydrogen-bond donors (Lipinski definition) is 1. The Morgan fingerprint density at radius 2 is 2.00 bits per heavy atom. The molecule has 1 heterocycles. The molecule has 1 unspecified atom stereocenters. The summed E-state index contributed by atoms with van der Waals surface area (Å²) in [5, 5.41) is 0. The van der Waals surface area contributed by atoms with E-state index in [1.807, 2.05) is 0 Å². The summed E-state index contributed by atoms with van der Waals surface area (Å²) in [5.74, 6) is 0. The fourth-order valence-electron chi connectivity index (χ4n) is 1.80. The Kier molecular flexibility index (Phi) is 3.38. The standard InChI is InChI=1S/C12H12F3N3/c13-12(14,15)10-4-2-1-3-9(10)11(16)7-18-6-5-17-8-18/h1-6,8,11H,7,16H2. The van der Waals surface area contributed by atoms with E-state index in [1.54, 1.807) is 23.0 Å². The van der Waals surface area contributed by atoms with Gasteiger partial charge in [-0.25, -0.2) is 4.98 Å². The zero-order chi connectivity index (χ0) is 13.2. The molecule has 0 aliphatic rings. The number of hydrogen-bond acceptors (Lipinski definition) is 2. The summed E-state index contributed by atoms with van der Waals surface area (Å²) in [6.07, 6.45) is 0.359. The van der Waals surface area contributed by atoms with Crippen molar-refractivity contribution in [1.29, 1.82) is 0 Å². The Labute approximate surface area is 102 Å². The molecule has 1 aromatic heterocycles. The molecule has 2 rings (SSSR count). The molecule has 0 bridgehead atoms. The van der Waals surface area contributed by atoms with E-state index in [9.17, 15) is 13.2 Å². The fraction of sp³-hybridized carbons (Fsp3) is 0.250. The first-order chi connectivity index (χ1) is 8.48. The van der Waals surface area contributed by atoms with Gasteiger partial charge in [0.1, 0.15) is 0 Å². The lowest BCUT2D eigenvalue weighted by Gasteiger charge is -2.18. The molecule has 6 heteroatoms. The highest BCUT2D eigenvalue weighted by atomic mass is 19.4. The summed E-state index contributed by atoms with van der Waals surface area (Å²) in [7, 11) is 0. The number of rotatable bonds is 3. The lowest BCUT2D eigenvalue weighted by Crippen LogP contribution is -2.21. The van der Waals surface area contributed by atoms with Gasteiger partial charge < -0.3 is 10.3 Å². The molecule has 0 radical (unpaired) electrons. The molecular weight excluding hydrogens is 243 g/mol. The maximum Gasteiger partial charge on any atom is 0.416 e. The number of nitrogens with two attached hydrogens (primary N) is 1. The minimum Gasteiger partial charge on any atom is -0.336 e. The first-order valence-electron chi connectivity index (χ1n) is 5.36. The minimum atomic E-state index is -4.39. The van der Waals surface area contributed by atoms with Gasteiger partial charge in [-0.15, -0.1) is 0 Å². The first kappa shape index (κ1) is 12.6. The predicted molar refractivity (Wildman–Crippen MR) is 60.6 cm³/mol. The van der Waals surface area contributed by atoms with Crippen LogP contribution in [-0.2, 0) is 12.7 Å². The second-order valence-electron chi connectivity index (χ2n) is 3.95. The van der Waals surface area contributed by atoms with E-state index >= 15 is 0 Å². The molecule has 0 aliphatic carbocycles. The second-order valence-corrected chi connectivity index (χ2v) is 3.95. The number of benzene rings is 1. The van der Waals surface area contributed by atoms with Crippen LogP contribution < -0.4 is 5.73 Å². The van der Waals surface area contributed by atoms with Crippen molar-refractivity contribution in [2.75, 3.05) is 0 Å². The van der Waals surface area contributed by atoms with Gasteiger partial charge in [-0.3, -0.25) is 0 Å². The Morgan fingerprint density at radius 3 is 2.61 bits per heavy atom. The first-order valence-corrected chi connectivity index (χ1v) is 5.36. The highest BCUT2D eigenvalue weighted by molar-refractivity contribution is 5.32. The topological polar surface area (TPSA) is 43.8 Å². The summed E-state index contributed by atoms with van der Waals surface area (Å²) in [4.78, 5) is 3.83. The summed E-state index contributed by atoms with van der Waals surface area (Å²) in [6.45, 7) is 0.257. The molecule has 0 aliphatic heterocycles. The van der Waals surface area contributed by atoms with Crippen LogP contribution in [0, 0.1) is 0 Å². The van der Waals surface area contributed by atoms with Crippen LogP contribution in [0.5, 0.6) is 0 Å². The largest absolute Gasteiger partial charge is 0.416 e. The summed E-state index contributed by atoms with van der Waals surface area (Å²) in [6, 6.07) is 4.64.